The van der Waals surface area contributed by atoms with Crippen LogP contribution in [-0.4, -0.2) is 28.2 Å². The molecule has 0 aliphatic rings. The van der Waals surface area contributed by atoms with Gasteiger partial charge >= 0.3 is 0 Å². The van der Waals surface area contributed by atoms with Crippen LogP contribution in [0.1, 0.15) is 77.7 Å². The van der Waals surface area contributed by atoms with Crippen molar-refractivity contribution in [2.75, 3.05) is 0 Å². The molecule has 672 valence electrons. The second-order valence-electron chi connectivity index (χ2n) is 38.0. The summed E-state index contributed by atoms with van der Waals surface area (Å²) in [4.78, 5) is 14.7. The molecule has 0 N–H and O–H groups in total. The first-order chi connectivity index (χ1) is 66.8. The van der Waals surface area contributed by atoms with Gasteiger partial charge in [0.2, 0.25) is 0 Å². The van der Waals surface area contributed by atoms with Crippen LogP contribution in [0.25, 0.3) is 256 Å². The number of hydrogen-bond donors (Lipinski definition) is 0. The number of aryl methyl sites for hydroxylation is 16. The minimum atomic E-state index is 0.938. The van der Waals surface area contributed by atoms with Gasteiger partial charge in [0.05, 0.1) is 30.4 Å². The normalized spacial score (nSPS) is 12.1. The van der Waals surface area contributed by atoms with Crippen LogP contribution in [0, 0.1) is 83.1 Å². The van der Waals surface area contributed by atoms with Crippen molar-refractivity contribution in [3.8, 4) is 0 Å². The van der Waals surface area contributed by atoms with Crippen LogP contribution < -0.4 is 0 Å². The molecule has 0 amide bonds. The number of rotatable bonds is 2. The van der Waals surface area contributed by atoms with Crippen LogP contribution in [0.4, 0.5) is 0 Å². The molecule has 12 aromatic heterocycles. The number of aromatic nitrogens is 6. The summed E-state index contributed by atoms with van der Waals surface area (Å²) in [5.41, 5.74) is 14.6. The zero-order chi connectivity index (χ0) is 94.0. The van der Waals surface area contributed by atoms with Crippen molar-refractivity contribution in [2.45, 2.75) is 110 Å². The number of fused-ring (bicyclic) bond motifs is 30. The zero-order valence-corrected chi connectivity index (χ0v) is 84.8. The molecule has 0 radical (unpaired) electrons. The average Bonchev–Trinajstić information content (AvgIpc) is 1.60. The fourth-order valence-electron chi connectivity index (χ4n) is 22.0. The Morgan fingerprint density at radius 3 is 0.732 bits per heavy atom. The molecule has 0 atom stereocenters. The largest absolute Gasteiger partial charge is 0.461 e. The third-order valence-corrected chi connectivity index (χ3v) is 34.6. The molecule has 8 nitrogen and oxygen atoms in total. The first-order valence-electron chi connectivity index (χ1n) is 47.5. The molecule has 0 saturated heterocycles. The van der Waals surface area contributed by atoms with Crippen molar-refractivity contribution in [3.05, 3.63) is 343 Å². The lowest BCUT2D eigenvalue weighted by Gasteiger charge is -2.09. The zero-order valence-electron chi connectivity index (χ0n) is 79.9. The molecule has 30 aromatic rings. The Kier molecular flexibility index (Phi) is 20.4. The highest BCUT2D eigenvalue weighted by Gasteiger charge is 2.19. The van der Waals surface area contributed by atoms with Gasteiger partial charge in [-0.1, -0.05) is 72.8 Å². The summed E-state index contributed by atoms with van der Waals surface area (Å²) >= 11 is 11.1. The van der Waals surface area contributed by atoms with Gasteiger partial charge in [-0.3, -0.25) is 0 Å². The third kappa shape index (κ3) is 14.7. The molecule has 0 unspecified atom stereocenters. The number of hydrogen-bond acceptors (Lipinski definition) is 10. The molecule has 0 saturated carbocycles. The van der Waals surface area contributed by atoms with E-state index < -0.39 is 0 Å². The van der Waals surface area contributed by atoms with E-state index in [1.807, 2.05) is 59.2 Å². The van der Waals surface area contributed by atoms with Gasteiger partial charge < -0.3 is 27.1 Å². The van der Waals surface area contributed by atoms with E-state index in [2.05, 4.69) is 404 Å². The summed E-state index contributed by atoms with van der Waals surface area (Å²) in [5.74, 6) is 1.89. The van der Waals surface area contributed by atoms with Crippen LogP contribution in [-0.2, 0) is 27.2 Å². The molecule has 0 aliphatic heterocycles. The Morgan fingerprint density at radius 1 is 0.210 bits per heavy atom. The SMILES string of the molecule is CCn1c(C)cc2cc3ccc4cc5cc(C)n(CC)c5cc4c3cc21.Cc1cc2cc3ccc4cc5cc(C)n(C)c5cc4c3cc2n1C.Cc1cc2cc3ccc4cc5cc(C)oc5cc4c3cc2o1.Cc1cc2cc3ccc4cc5cc(C)sc5cc4c3cc2s1.Cc1cc2cc3ccc4cc5cc(C)sc5cc4c3cc2s1.Cc1nc2cc3ccc4cc5nc(C)sc5cc4c3cc2s1. The van der Waals surface area contributed by atoms with Crippen LogP contribution >= 0.6 is 68.0 Å². The van der Waals surface area contributed by atoms with E-state index in [0.29, 0.717) is 0 Å². The Balaban J connectivity index is 0.0000000879. The molecule has 138 heavy (non-hydrogen) atoms. The highest BCUT2D eigenvalue weighted by Crippen LogP contribution is 2.45. The Hall–Kier alpha value is -14.1. The van der Waals surface area contributed by atoms with E-state index >= 15 is 0 Å². The minimum Gasteiger partial charge on any atom is -0.461 e. The molecule has 18 aromatic carbocycles. The summed E-state index contributed by atoms with van der Waals surface area (Å²) in [7, 11) is 4.29. The topological polar surface area (TPSA) is 71.8 Å². The lowest BCUT2D eigenvalue weighted by molar-refractivity contribution is 0.578. The number of nitrogens with zero attached hydrogens (tertiary/aromatic N) is 6. The van der Waals surface area contributed by atoms with Gasteiger partial charge in [-0.25, -0.2) is 9.97 Å². The van der Waals surface area contributed by atoms with Crippen LogP contribution in [0.5, 0.6) is 0 Å². The molecule has 30 rings (SSSR count). The quantitative estimate of drug-likeness (QED) is 0.162. The molecule has 0 bridgehead atoms. The molecule has 0 spiro atoms. The Morgan fingerprint density at radius 2 is 0.442 bits per heavy atom. The lowest BCUT2D eigenvalue weighted by Crippen LogP contribution is -1.96. The Bertz CT molecular complexity index is 9070. The van der Waals surface area contributed by atoms with Crippen LogP contribution in [0.2, 0.25) is 0 Å². The predicted molar refractivity (Wildman–Crippen MR) is 608 cm³/mol. The number of furan rings is 2. The van der Waals surface area contributed by atoms with E-state index in [9.17, 15) is 0 Å². The maximum absolute atomic E-state index is 5.79. The summed E-state index contributed by atoms with van der Waals surface area (Å²) < 4.78 is 29.0. The first-order valence-corrected chi connectivity index (χ1v) is 52.4. The maximum Gasteiger partial charge on any atom is 0.134 e. The van der Waals surface area contributed by atoms with E-state index in [1.165, 1.54) is 265 Å². The number of thiophene rings is 4. The maximum atomic E-state index is 5.79. The fourth-order valence-corrected chi connectivity index (χ4v) is 27.5. The summed E-state index contributed by atoms with van der Waals surface area (Å²) in [5, 5.41) is 46.8. The minimum absolute atomic E-state index is 0.938. The predicted octanol–water partition coefficient (Wildman–Crippen LogP) is 38.2. The second-order valence-corrected chi connectivity index (χ2v) is 45.6. The molecule has 12 heterocycles. The van der Waals surface area contributed by atoms with E-state index in [4.69, 9.17) is 8.83 Å². The molecule has 14 heteroatoms. The van der Waals surface area contributed by atoms with Gasteiger partial charge in [0.15, 0.2) is 0 Å². The van der Waals surface area contributed by atoms with E-state index in [-0.39, 0.29) is 0 Å². The lowest BCUT2D eigenvalue weighted by atomic mass is 9.99. The van der Waals surface area contributed by atoms with E-state index in [1.54, 1.807) is 22.7 Å². The summed E-state index contributed by atoms with van der Waals surface area (Å²) in [6.07, 6.45) is 0. The smallest absolute Gasteiger partial charge is 0.134 e. The molecule has 0 fully saturated rings. The second kappa shape index (κ2) is 32.8. The standard InChI is InChI=1S/C24H24N2.C22H20N2.C20H14O2.2C20H14S2.C18H12N2S2/c1-5-25-15(3)9-19-11-17-7-8-18-12-20-10-16(4)26(6-2)24(20)14-22(18)21(17)13-23(19)25;1-13-7-17-9-15-5-6-16-10-18-8-14(2)24(4)22(18)12-20(16)19(15)11-21(17)23(13)3;3*1-11-5-15-7-13-3-4-14-8-16-6-12(2)22-20(16)10-18(14)17(13)9-19(15)21-11;1-9-19-15-5-11-3-4-12-6-16-18(22-10(2)20-16)8-14(12)13(11)7-17(15)21-9/h7-14H,5-6H2,1-4H3;5-12H,1-4H3;3*3-10H,1-2H3;3-8H,1-2H3. The highest BCUT2D eigenvalue weighted by molar-refractivity contribution is 7.20. The van der Waals surface area contributed by atoms with Gasteiger partial charge in [0.25, 0.3) is 0 Å². The van der Waals surface area contributed by atoms with Crippen molar-refractivity contribution < 1.29 is 8.83 Å². The Labute approximate surface area is 820 Å². The van der Waals surface area contributed by atoms with Crippen molar-refractivity contribution in [2.24, 2.45) is 14.1 Å². The molecule has 0 aliphatic carbocycles. The van der Waals surface area contributed by atoms with Gasteiger partial charge in [-0.05, 0) is 454 Å². The highest BCUT2D eigenvalue weighted by atomic mass is 32.1. The van der Waals surface area contributed by atoms with Crippen LogP contribution in [0.15, 0.2) is 288 Å². The molecular weight excluding hydrogens is 1800 g/mol. The fraction of sp³-hybridized carbons (Fsp3) is 0.145. The number of thiazole rings is 2. The van der Waals surface area contributed by atoms with Crippen molar-refractivity contribution in [1.29, 1.82) is 0 Å². The van der Waals surface area contributed by atoms with Gasteiger partial charge in [-0.15, -0.1) is 68.0 Å². The van der Waals surface area contributed by atoms with Crippen molar-refractivity contribution in [1.82, 2.24) is 28.2 Å². The van der Waals surface area contributed by atoms with Gasteiger partial charge in [0, 0.05) is 143 Å². The monoisotopic (exact) mass is 1890 g/mol. The average molecular weight is 1900 g/mol. The number of benzene rings is 18. The molecular formula is C124H98N6O2S6. The van der Waals surface area contributed by atoms with Gasteiger partial charge in [0.1, 0.15) is 22.7 Å². The third-order valence-electron chi connectivity index (χ3n) is 28.7. The summed E-state index contributed by atoms with van der Waals surface area (Å²) in [6.45, 7) is 32.0. The van der Waals surface area contributed by atoms with Crippen LogP contribution in [0.3, 0.4) is 0 Å². The van der Waals surface area contributed by atoms with Crippen molar-refractivity contribution in [3.63, 3.8) is 0 Å². The van der Waals surface area contributed by atoms with Crippen molar-refractivity contribution >= 4 is 324 Å². The summed E-state index contributed by atoms with van der Waals surface area (Å²) in [6, 6.07) is 105. The van der Waals surface area contributed by atoms with E-state index in [0.717, 1.165) is 67.6 Å². The van der Waals surface area contributed by atoms with Gasteiger partial charge in [-0.2, -0.15) is 0 Å². The first kappa shape index (κ1) is 85.6.